The number of benzene rings is 5. The van der Waals surface area contributed by atoms with Gasteiger partial charge in [-0.3, -0.25) is 4.98 Å². The van der Waals surface area contributed by atoms with Crippen molar-refractivity contribution in [3.05, 3.63) is 163 Å². The van der Waals surface area contributed by atoms with Gasteiger partial charge in [-0.2, -0.15) is 0 Å². The maximum atomic E-state index is 5.05. The van der Waals surface area contributed by atoms with Gasteiger partial charge in [0.1, 0.15) is 0 Å². The molecule has 2 aromatic heterocycles. The number of para-hydroxylation sites is 1. The normalized spacial score (nSPS) is 10.4. The van der Waals surface area contributed by atoms with Crippen LogP contribution >= 0.6 is 0 Å². The van der Waals surface area contributed by atoms with E-state index >= 15 is 0 Å². The van der Waals surface area contributed by atoms with Crippen LogP contribution in [0.2, 0.25) is 0 Å². The monoisotopic (exact) mass is 720 g/mol. The molecule has 42 heavy (non-hydrogen) atoms. The average molecular weight is 720 g/mol. The number of rotatable bonds is 5. The Hall–Kier alpha value is -4.63. The minimum Gasteiger partial charge on any atom is -0.333 e. The van der Waals surface area contributed by atoms with Crippen LogP contribution in [0.5, 0.6) is 0 Å². The summed E-state index contributed by atoms with van der Waals surface area (Å²) in [6.45, 7) is 2.19. The molecule has 0 amide bonds. The number of imidazole rings is 1. The number of pyridine rings is 1. The van der Waals surface area contributed by atoms with E-state index in [2.05, 4.69) is 101 Å². The number of fused-ring (bicyclic) bond motifs is 1. The molecule has 0 atom stereocenters. The van der Waals surface area contributed by atoms with Crippen LogP contribution < -0.4 is 0 Å². The summed E-state index contributed by atoms with van der Waals surface area (Å²) in [5.74, 6) is 0.923. The fourth-order valence-corrected chi connectivity index (χ4v) is 4.95. The molecule has 0 saturated heterocycles. The van der Waals surface area contributed by atoms with E-state index in [-0.39, 0.29) is 20.1 Å². The zero-order valence-corrected chi connectivity index (χ0v) is 25.6. The molecule has 4 heteroatoms. The van der Waals surface area contributed by atoms with E-state index < -0.39 is 0 Å². The molecule has 1 radical (unpaired) electrons. The third-order valence-corrected chi connectivity index (χ3v) is 6.97. The maximum absolute atomic E-state index is 5.05. The van der Waals surface area contributed by atoms with Crippen LogP contribution in [0.15, 0.2) is 146 Å². The Kier molecular flexibility index (Phi) is 9.51. The molecule has 207 valence electrons. The molecule has 3 nitrogen and oxygen atoms in total. The van der Waals surface area contributed by atoms with E-state index in [0.717, 1.165) is 40.1 Å². The van der Waals surface area contributed by atoms with Gasteiger partial charge in [0.2, 0.25) is 0 Å². The first kappa shape index (κ1) is 28.9. The van der Waals surface area contributed by atoms with Crippen molar-refractivity contribution in [1.82, 2.24) is 14.5 Å². The third kappa shape index (κ3) is 6.31. The van der Waals surface area contributed by atoms with Crippen molar-refractivity contribution in [3.8, 4) is 39.5 Å². The SMILES string of the molecule is CCc1ccccc1-n1c(-c2[c-]cccc2)nc2cc(-c3ccccc3)ccc21.[Ir].[c-]1ccccc1-c1ccccn1. The molecule has 0 saturated carbocycles. The number of aromatic nitrogens is 3. The van der Waals surface area contributed by atoms with Crippen LogP contribution in [0.4, 0.5) is 0 Å². The average Bonchev–Trinajstić information content (AvgIpc) is 3.45. The molecule has 0 aliphatic heterocycles. The van der Waals surface area contributed by atoms with Crippen molar-refractivity contribution in [1.29, 1.82) is 0 Å². The topological polar surface area (TPSA) is 30.7 Å². The predicted octanol–water partition coefficient (Wildman–Crippen LogP) is 9.27. The van der Waals surface area contributed by atoms with Gasteiger partial charge in [-0.05, 0) is 53.1 Å². The zero-order valence-electron chi connectivity index (χ0n) is 23.2. The summed E-state index contributed by atoms with van der Waals surface area (Å²) >= 11 is 0. The van der Waals surface area contributed by atoms with Crippen LogP contribution in [0.3, 0.4) is 0 Å². The van der Waals surface area contributed by atoms with Crippen molar-refractivity contribution in [2.75, 3.05) is 0 Å². The molecule has 0 spiro atoms. The number of hydrogen-bond acceptors (Lipinski definition) is 2. The van der Waals surface area contributed by atoms with E-state index in [9.17, 15) is 0 Å². The van der Waals surface area contributed by atoms with Crippen LogP contribution in [-0.2, 0) is 26.5 Å². The Bertz CT molecular complexity index is 1810. The van der Waals surface area contributed by atoms with Gasteiger partial charge in [0.25, 0.3) is 0 Å². The van der Waals surface area contributed by atoms with Crippen LogP contribution in [0.1, 0.15) is 12.5 Å². The number of nitrogens with zero attached hydrogens (tertiary/aromatic N) is 3. The Morgan fingerprint density at radius 1 is 0.643 bits per heavy atom. The summed E-state index contributed by atoms with van der Waals surface area (Å²) in [4.78, 5) is 9.27. The van der Waals surface area contributed by atoms with E-state index in [4.69, 9.17) is 4.98 Å². The van der Waals surface area contributed by atoms with Crippen LogP contribution in [0.25, 0.3) is 50.5 Å². The van der Waals surface area contributed by atoms with Gasteiger partial charge in [-0.25, -0.2) is 0 Å². The number of hydrogen-bond donors (Lipinski definition) is 0. The largest absolute Gasteiger partial charge is 0.333 e. The van der Waals surface area contributed by atoms with Crippen molar-refractivity contribution < 1.29 is 20.1 Å². The molecule has 2 heterocycles. The number of aryl methyl sites for hydroxylation is 1. The molecule has 7 aromatic rings. The smallest absolute Gasteiger partial charge is 0.0780 e. The molecule has 0 aliphatic carbocycles. The second-order valence-corrected chi connectivity index (χ2v) is 9.59. The van der Waals surface area contributed by atoms with E-state index in [0.29, 0.717) is 0 Å². The second-order valence-electron chi connectivity index (χ2n) is 9.59. The minimum atomic E-state index is 0. The third-order valence-electron chi connectivity index (χ3n) is 6.97. The molecule has 7 rings (SSSR count). The molecule has 5 aromatic carbocycles. The zero-order chi connectivity index (χ0) is 27.9. The fourth-order valence-electron chi connectivity index (χ4n) is 4.95. The van der Waals surface area contributed by atoms with Gasteiger partial charge in [-0.15, -0.1) is 71.8 Å². The van der Waals surface area contributed by atoms with Gasteiger partial charge >= 0.3 is 0 Å². The summed E-state index contributed by atoms with van der Waals surface area (Å²) in [7, 11) is 0. The molecular weight excluding hydrogens is 691 g/mol. The minimum absolute atomic E-state index is 0. The summed E-state index contributed by atoms with van der Waals surface area (Å²) < 4.78 is 2.27. The van der Waals surface area contributed by atoms with Crippen LogP contribution in [0, 0.1) is 12.1 Å². The summed E-state index contributed by atoms with van der Waals surface area (Å²) in [5, 5.41) is 0. The van der Waals surface area contributed by atoms with E-state index in [1.165, 1.54) is 22.4 Å². The summed E-state index contributed by atoms with van der Waals surface area (Å²) in [6.07, 6.45) is 2.76. The molecule has 0 N–H and O–H groups in total. The second kappa shape index (κ2) is 13.8. The Morgan fingerprint density at radius 3 is 2.02 bits per heavy atom. The van der Waals surface area contributed by atoms with Gasteiger partial charge < -0.3 is 9.55 Å². The molecule has 0 bridgehead atoms. The van der Waals surface area contributed by atoms with E-state index in [1.54, 1.807) is 6.20 Å². The van der Waals surface area contributed by atoms with Gasteiger partial charge in [0, 0.05) is 32.0 Å². The van der Waals surface area contributed by atoms with Crippen molar-refractivity contribution in [2.24, 2.45) is 0 Å². The van der Waals surface area contributed by atoms with Crippen molar-refractivity contribution >= 4 is 11.0 Å². The van der Waals surface area contributed by atoms with Gasteiger partial charge in [0.15, 0.2) is 0 Å². The van der Waals surface area contributed by atoms with Gasteiger partial charge in [-0.1, -0.05) is 73.7 Å². The Morgan fingerprint density at radius 2 is 1.33 bits per heavy atom. The summed E-state index contributed by atoms with van der Waals surface area (Å²) in [6, 6.07) is 53.8. The van der Waals surface area contributed by atoms with Crippen LogP contribution in [-0.4, -0.2) is 14.5 Å². The molecule has 0 fully saturated rings. The van der Waals surface area contributed by atoms with Gasteiger partial charge in [0.05, 0.1) is 16.9 Å². The van der Waals surface area contributed by atoms with Crippen molar-refractivity contribution in [3.63, 3.8) is 0 Å². The Balaban J connectivity index is 0.000000228. The first-order chi connectivity index (χ1) is 20.3. The molecule has 0 aliphatic rings. The fraction of sp³-hybridized carbons (Fsp3) is 0.0526. The Labute approximate surface area is 260 Å². The standard InChI is InChI=1S/C27H21N2.C11H8N.Ir/c1-2-20-11-9-10-16-25(20)29-26-18-17-23(21-12-5-3-6-13-21)19-24(26)28-27(29)22-14-7-4-8-15-22;1-2-6-10(7-3-1)11-8-4-5-9-12-11;/h3-14,16-19H,2H2,1H3;1-6,8-9H;/q2*-1;. The first-order valence-electron chi connectivity index (χ1n) is 13.8. The predicted molar refractivity (Wildman–Crippen MR) is 169 cm³/mol. The maximum Gasteiger partial charge on any atom is 0.0780 e. The first-order valence-corrected chi connectivity index (χ1v) is 13.8. The quantitative estimate of drug-likeness (QED) is 0.166. The molecular formula is C38H29IrN3-2. The van der Waals surface area contributed by atoms with E-state index in [1.807, 2.05) is 66.7 Å². The summed E-state index contributed by atoms with van der Waals surface area (Å²) in [5.41, 5.74) is 9.96. The van der Waals surface area contributed by atoms with Crippen molar-refractivity contribution in [2.45, 2.75) is 13.3 Å². The molecule has 0 unspecified atom stereocenters.